The Labute approximate surface area is 168 Å². The van der Waals surface area contributed by atoms with Gasteiger partial charge in [-0.2, -0.15) is 0 Å². The molecule has 0 atom stereocenters. The topological polar surface area (TPSA) is 34.1 Å². The van der Waals surface area contributed by atoms with Crippen molar-refractivity contribution < 1.29 is 9.13 Å². The smallest absolute Gasteiger partial charge is 0.136 e. The summed E-state index contributed by atoms with van der Waals surface area (Å²) < 4.78 is 18.5. The number of aromatic nitrogens is 1. The molecule has 5 heteroatoms. The van der Waals surface area contributed by atoms with Gasteiger partial charge in [0.25, 0.3) is 0 Å². The number of rotatable bonds is 6. The Balaban J connectivity index is 2.05. The minimum Gasteiger partial charge on any atom is -0.495 e. The van der Waals surface area contributed by atoms with E-state index in [1.54, 1.807) is 31.4 Å². The second-order valence-corrected chi connectivity index (χ2v) is 6.56. The second-order valence-electron chi connectivity index (χ2n) is 6.15. The number of hydrogen-bond acceptors (Lipinski definition) is 3. The number of nitrogens with one attached hydrogen (secondary N) is 1. The van der Waals surface area contributed by atoms with Crippen LogP contribution in [0.1, 0.15) is 6.92 Å². The maximum Gasteiger partial charge on any atom is 0.136 e. The molecule has 0 bridgehead atoms. The normalized spacial score (nSPS) is 12.5. The van der Waals surface area contributed by atoms with Crippen LogP contribution in [0.4, 0.5) is 10.1 Å². The average molecular weight is 395 g/mol. The minimum absolute atomic E-state index is 0.278. The maximum absolute atomic E-state index is 13.3. The molecule has 3 rings (SSSR count). The number of methoxy groups -OCH3 is 1. The summed E-state index contributed by atoms with van der Waals surface area (Å²) in [4.78, 5) is 4.71. The van der Waals surface area contributed by atoms with Crippen LogP contribution in [0.25, 0.3) is 22.2 Å². The molecule has 0 aliphatic heterocycles. The van der Waals surface area contributed by atoms with Gasteiger partial charge in [0, 0.05) is 22.3 Å². The highest BCUT2D eigenvalue weighted by Crippen LogP contribution is 2.29. The van der Waals surface area contributed by atoms with Gasteiger partial charge in [-0.3, -0.25) is 0 Å². The summed E-state index contributed by atoms with van der Waals surface area (Å²) in [6.07, 6.45) is 3.33. The third kappa shape index (κ3) is 4.41. The number of halogens is 2. The molecule has 3 nitrogen and oxygen atoms in total. The summed E-state index contributed by atoms with van der Waals surface area (Å²) in [5.74, 6) is 0.216. The molecule has 28 heavy (non-hydrogen) atoms. The minimum atomic E-state index is -0.278. The van der Waals surface area contributed by atoms with Gasteiger partial charge < -0.3 is 10.1 Å². The van der Waals surface area contributed by atoms with E-state index in [9.17, 15) is 4.39 Å². The lowest BCUT2D eigenvalue weighted by molar-refractivity contribution is 0.306. The first kappa shape index (κ1) is 19.6. The quantitative estimate of drug-likeness (QED) is 0.376. The van der Waals surface area contributed by atoms with Crippen molar-refractivity contribution >= 4 is 28.2 Å². The third-order valence-electron chi connectivity index (χ3n) is 4.17. The van der Waals surface area contributed by atoms with Crippen LogP contribution in [0.2, 0.25) is 0 Å². The Morgan fingerprint density at radius 2 is 1.89 bits per heavy atom. The van der Waals surface area contributed by atoms with E-state index in [1.165, 1.54) is 12.1 Å². The number of anilines is 1. The van der Waals surface area contributed by atoms with Gasteiger partial charge >= 0.3 is 0 Å². The lowest BCUT2D eigenvalue weighted by Crippen LogP contribution is -1.99. The van der Waals surface area contributed by atoms with Crippen LogP contribution < -0.4 is 5.32 Å². The number of ether oxygens (including phenoxy) is 1. The molecule has 0 aliphatic rings. The van der Waals surface area contributed by atoms with E-state index in [2.05, 4.69) is 11.9 Å². The Hall–Kier alpha value is -3.11. The number of nitrogens with zero attached hydrogens (tertiary/aromatic N) is 1. The molecular formula is C23H20ClFN2O. The van der Waals surface area contributed by atoms with Crippen LogP contribution in [0, 0.1) is 5.82 Å². The van der Waals surface area contributed by atoms with E-state index in [1.807, 2.05) is 37.3 Å². The number of para-hydroxylation sites is 1. The van der Waals surface area contributed by atoms with Crippen LogP contribution >= 0.6 is 11.6 Å². The standard InChI is InChI=1S/C23H20ClFN2O/c1-4-23(28-3)19(24)13-15(2)26-22-14-21(16-9-11-17(25)12-10-16)27-20-8-6-5-7-18(20)22/h4-14H,1H2,2-3H3,(H,26,27)/b15-13+,23-19-. The van der Waals surface area contributed by atoms with Crippen molar-refractivity contribution in [1.29, 1.82) is 0 Å². The molecule has 0 spiro atoms. The van der Waals surface area contributed by atoms with Crippen LogP contribution in [0.15, 0.2) is 89.8 Å². The summed E-state index contributed by atoms with van der Waals surface area (Å²) in [6.45, 7) is 5.59. The molecule has 0 unspecified atom stereocenters. The number of allylic oxidation sites excluding steroid dienone is 4. The van der Waals surface area contributed by atoms with E-state index in [0.717, 1.165) is 33.5 Å². The fourth-order valence-corrected chi connectivity index (χ4v) is 3.15. The number of pyridine rings is 1. The molecule has 0 amide bonds. The number of fused-ring (bicyclic) bond motifs is 1. The molecule has 0 saturated carbocycles. The van der Waals surface area contributed by atoms with Crippen molar-refractivity contribution in [2.75, 3.05) is 12.4 Å². The van der Waals surface area contributed by atoms with Gasteiger partial charge in [-0.25, -0.2) is 9.37 Å². The first-order chi connectivity index (χ1) is 13.5. The molecule has 3 aromatic rings. The van der Waals surface area contributed by atoms with Crippen molar-refractivity contribution in [3.63, 3.8) is 0 Å². The highest BCUT2D eigenvalue weighted by molar-refractivity contribution is 6.31. The summed E-state index contributed by atoms with van der Waals surface area (Å²) in [5.41, 5.74) is 4.12. The Bertz CT molecular complexity index is 1070. The van der Waals surface area contributed by atoms with Gasteiger partial charge in [-0.15, -0.1) is 0 Å². The maximum atomic E-state index is 13.3. The van der Waals surface area contributed by atoms with Crippen molar-refractivity contribution in [1.82, 2.24) is 4.98 Å². The molecule has 2 aromatic carbocycles. The summed E-state index contributed by atoms with van der Waals surface area (Å²) in [7, 11) is 1.54. The predicted octanol–water partition coefficient (Wildman–Crippen LogP) is 6.64. The van der Waals surface area contributed by atoms with Crippen molar-refractivity contribution in [2.45, 2.75) is 6.92 Å². The fourth-order valence-electron chi connectivity index (χ4n) is 2.84. The molecule has 142 valence electrons. The molecular weight excluding hydrogens is 375 g/mol. The molecule has 1 aromatic heterocycles. The zero-order valence-electron chi connectivity index (χ0n) is 15.7. The highest BCUT2D eigenvalue weighted by atomic mass is 35.5. The molecule has 1 heterocycles. The van der Waals surface area contributed by atoms with Gasteiger partial charge in [0.15, 0.2) is 0 Å². The molecule has 0 fully saturated rings. The van der Waals surface area contributed by atoms with Crippen LogP contribution in [0.3, 0.4) is 0 Å². The predicted molar refractivity (Wildman–Crippen MR) is 115 cm³/mol. The SMILES string of the molecule is C=C/C(OC)=C(Cl)\C=C(/C)Nc1cc(-c2ccc(F)cc2)nc2ccccc12. The zero-order chi connectivity index (χ0) is 20.1. The van der Waals surface area contributed by atoms with E-state index in [-0.39, 0.29) is 5.82 Å². The van der Waals surface area contributed by atoms with Gasteiger partial charge in [0.1, 0.15) is 11.6 Å². The second kappa shape index (κ2) is 8.72. The van der Waals surface area contributed by atoms with Crippen LogP contribution in [-0.4, -0.2) is 12.1 Å². The molecule has 0 saturated heterocycles. The monoisotopic (exact) mass is 394 g/mol. The van der Waals surface area contributed by atoms with Crippen molar-refractivity contribution in [2.24, 2.45) is 0 Å². The Morgan fingerprint density at radius 3 is 2.57 bits per heavy atom. The van der Waals surface area contributed by atoms with Gasteiger partial charge in [-0.05, 0) is 55.5 Å². The van der Waals surface area contributed by atoms with Gasteiger partial charge in [0.2, 0.25) is 0 Å². The summed E-state index contributed by atoms with van der Waals surface area (Å²) >= 11 is 6.29. The molecule has 0 aliphatic carbocycles. The van der Waals surface area contributed by atoms with E-state index in [0.29, 0.717) is 10.8 Å². The van der Waals surface area contributed by atoms with Crippen LogP contribution in [0.5, 0.6) is 0 Å². The zero-order valence-corrected chi connectivity index (χ0v) is 16.4. The Morgan fingerprint density at radius 1 is 1.18 bits per heavy atom. The average Bonchev–Trinajstić information content (AvgIpc) is 2.69. The molecule has 1 N–H and O–H groups in total. The van der Waals surface area contributed by atoms with E-state index >= 15 is 0 Å². The highest BCUT2D eigenvalue weighted by Gasteiger charge is 2.09. The van der Waals surface area contributed by atoms with Crippen LogP contribution in [-0.2, 0) is 4.74 Å². The first-order valence-corrected chi connectivity index (χ1v) is 9.07. The Kier molecular flexibility index (Phi) is 6.12. The van der Waals surface area contributed by atoms with Crippen molar-refractivity contribution in [3.05, 3.63) is 95.6 Å². The largest absolute Gasteiger partial charge is 0.495 e. The summed E-state index contributed by atoms with van der Waals surface area (Å²) in [5, 5.41) is 4.79. The first-order valence-electron chi connectivity index (χ1n) is 8.69. The molecule has 0 radical (unpaired) electrons. The number of hydrogen-bond donors (Lipinski definition) is 1. The fraction of sp³-hybridized carbons (Fsp3) is 0.0870. The lowest BCUT2D eigenvalue weighted by Gasteiger charge is -2.13. The summed E-state index contributed by atoms with van der Waals surface area (Å²) in [6, 6.07) is 16.1. The van der Waals surface area contributed by atoms with Crippen molar-refractivity contribution in [3.8, 4) is 11.3 Å². The van der Waals surface area contributed by atoms with E-state index < -0.39 is 0 Å². The van der Waals surface area contributed by atoms with Gasteiger partial charge in [-0.1, -0.05) is 36.4 Å². The number of benzene rings is 2. The lowest BCUT2D eigenvalue weighted by atomic mass is 10.1. The van der Waals surface area contributed by atoms with E-state index in [4.69, 9.17) is 21.3 Å². The van der Waals surface area contributed by atoms with Gasteiger partial charge in [0.05, 0.1) is 23.4 Å². The third-order valence-corrected chi connectivity index (χ3v) is 4.47.